The Morgan fingerprint density at radius 3 is 1.32 bits per heavy atom. The van der Waals surface area contributed by atoms with Crippen LogP contribution in [0.25, 0.3) is 0 Å². The van der Waals surface area contributed by atoms with Crippen LogP contribution in [-0.4, -0.2) is 27.6 Å². The molecule has 1 unspecified atom stereocenters. The molecule has 0 heterocycles. The first-order chi connectivity index (χ1) is 8.84. The Morgan fingerprint density at radius 1 is 0.789 bits per heavy atom. The summed E-state index contributed by atoms with van der Waals surface area (Å²) in [4.78, 5) is 0. The van der Waals surface area contributed by atoms with Crippen LogP contribution < -0.4 is 0 Å². The van der Waals surface area contributed by atoms with Gasteiger partial charge in [-0.3, -0.25) is 0 Å². The third kappa shape index (κ3) is 6.84. The SMILES string of the molecule is CCC[CH2][Sn]([CH2]CCC)([CH2]CCC)[CH](O)C(C)(C)C. The van der Waals surface area contributed by atoms with E-state index >= 15 is 0 Å². The molecule has 19 heavy (non-hydrogen) atoms. The van der Waals surface area contributed by atoms with Crippen molar-refractivity contribution in [1.82, 2.24) is 0 Å². The van der Waals surface area contributed by atoms with Gasteiger partial charge in [-0.1, -0.05) is 0 Å². The Kier molecular flexibility index (Phi) is 10.0. The first kappa shape index (κ1) is 19.8. The summed E-state index contributed by atoms with van der Waals surface area (Å²) in [5.41, 5.74) is 0.0886. The van der Waals surface area contributed by atoms with Crippen LogP contribution in [0.2, 0.25) is 13.3 Å². The van der Waals surface area contributed by atoms with Gasteiger partial charge in [0, 0.05) is 0 Å². The molecular weight excluding hydrogens is 339 g/mol. The number of hydrogen-bond acceptors (Lipinski definition) is 1. The number of aliphatic hydroxyl groups excluding tert-OH is 1. The van der Waals surface area contributed by atoms with Gasteiger partial charge in [-0.05, 0) is 0 Å². The van der Waals surface area contributed by atoms with Gasteiger partial charge in [-0.2, -0.15) is 0 Å². The summed E-state index contributed by atoms with van der Waals surface area (Å²) in [7, 11) is 0. The fourth-order valence-electron chi connectivity index (χ4n) is 3.29. The molecular formula is C17H38OSn. The zero-order valence-corrected chi connectivity index (χ0v) is 17.2. The van der Waals surface area contributed by atoms with E-state index in [1.807, 2.05) is 0 Å². The molecule has 1 nitrogen and oxygen atoms in total. The fourth-order valence-corrected chi connectivity index (χ4v) is 22.1. The zero-order chi connectivity index (χ0) is 14.9. The van der Waals surface area contributed by atoms with E-state index < -0.39 is 18.4 Å². The van der Waals surface area contributed by atoms with Crippen molar-refractivity contribution in [2.45, 2.75) is 97.5 Å². The molecule has 0 saturated carbocycles. The Balaban J connectivity index is 5.07. The molecule has 0 aromatic rings. The second kappa shape index (κ2) is 9.65. The molecule has 0 amide bonds. The van der Waals surface area contributed by atoms with Crippen molar-refractivity contribution in [3.05, 3.63) is 0 Å². The van der Waals surface area contributed by atoms with E-state index in [1.54, 1.807) is 0 Å². The molecule has 0 saturated heterocycles. The van der Waals surface area contributed by atoms with E-state index in [9.17, 15) is 5.11 Å². The number of unbranched alkanes of at least 4 members (excludes halogenated alkanes) is 3. The van der Waals surface area contributed by atoms with Crippen molar-refractivity contribution in [3.8, 4) is 0 Å². The number of hydrogen-bond donors (Lipinski definition) is 1. The van der Waals surface area contributed by atoms with E-state index in [4.69, 9.17) is 0 Å². The average Bonchev–Trinajstić information content (AvgIpc) is 2.36. The molecule has 116 valence electrons. The predicted molar refractivity (Wildman–Crippen MR) is 90.4 cm³/mol. The predicted octanol–water partition coefficient (Wildman–Crippen LogP) is 5.78. The van der Waals surface area contributed by atoms with Gasteiger partial charge < -0.3 is 0 Å². The van der Waals surface area contributed by atoms with Gasteiger partial charge in [0.1, 0.15) is 0 Å². The van der Waals surface area contributed by atoms with Crippen LogP contribution in [0.3, 0.4) is 0 Å². The maximum absolute atomic E-state index is 11.1. The quantitative estimate of drug-likeness (QED) is 0.479. The summed E-state index contributed by atoms with van der Waals surface area (Å²) in [6.07, 6.45) is 7.89. The second-order valence-corrected chi connectivity index (χ2v) is 21.1. The molecule has 0 spiro atoms. The molecule has 1 atom stereocenters. The minimum absolute atomic E-state index is 0.0337. The van der Waals surface area contributed by atoms with E-state index in [-0.39, 0.29) is 9.53 Å². The molecule has 0 radical (unpaired) electrons. The molecule has 2 heteroatoms. The molecule has 0 aliphatic rings. The van der Waals surface area contributed by atoms with Gasteiger partial charge in [0.25, 0.3) is 0 Å². The van der Waals surface area contributed by atoms with Gasteiger partial charge in [0.2, 0.25) is 0 Å². The zero-order valence-electron chi connectivity index (χ0n) is 14.4. The summed E-state index contributed by atoms with van der Waals surface area (Å²) in [5, 5.41) is 11.1. The molecule has 0 aliphatic heterocycles. The van der Waals surface area contributed by atoms with Gasteiger partial charge in [0.05, 0.1) is 0 Å². The standard InChI is InChI=1S/C5H11O.3C4H9.Sn/c1-5(2,3)4-6;3*1-3-4-2;/h4,6H,1-3H3;3*1,3-4H2,2H3;. The second-order valence-electron chi connectivity index (χ2n) is 7.44. The van der Waals surface area contributed by atoms with Crippen LogP contribution >= 0.6 is 0 Å². The Hall–Kier alpha value is 0.759. The first-order valence-corrected chi connectivity index (χ1v) is 16.2. The number of rotatable bonds is 10. The summed E-state index contributed by atoms with van der Waals surface area (Å²) >= 11 is -2.41. The van der Waals surface area contributed by atoms with Crippen LogP contribution in [0.4, 0.5) is 0 Å². The van der Waals surface area contributed by atoms with E-state index in [1.165, 1.54) is 51.8 Å². The summed E-state index contributed by atoms with van der Waals surface area (Å²) in [5.74, 6) is 0. The van der Waals surface area contributed by atoms with Crippen molar-refractivity contribution < 1.29 is 5.11 Å². The van der Waals surface area contributed by atoms with Gasteiger partial charge in [-0.15, -0.1) is 0 Å². The summed E-state index contributed by atoms with van der Waals surface area (Å²) < 4.78 is 4.25. The molecule has 0 aromatic carbocycles. The third-order valence-electron chi connectivity index (χ3n) is 4.49. The topological polar surface area (TPSA) is 20.2 Å². The Morgan fingerprint density at radius 2 is 1.11 bits per heavy atom. The average molecular weight is 377 g/mol. The van der Waals surface area contributed by atoms with E-state index in [2.05, 4.69) is 41.5 Å². The van der Waals surface area contributed by atoms with Crippen molar-refractivity contribution in [2.75, 3.05) is 0 Å². The van der Waals surface area contributed by atoms with Gasteiger partial charge in [-0.25, -0.2) is 0 Å². The third-order valence-corrected chi connectivity index (χ3v) is 21.8. The maximum atomic E-state index is 11.1. The Labute approximate surface area is 126 Å². The normalized spacial score (nSPS) is 14.7. The van der Waals surface area contributed by atoms with Crippen LogP contribution in [-0.2, 0) is 0 Å². The van der Waals surface area contributed by atoms with Gasteiger partial charge >= 0.3 is 126 Å². The number of aliphatic hydroxyl groups is 1. The van der Waals surface area contributed by atoms with Crippen molar-refractivity contribution in [2.24, 2.45) is 5.41 Å². The van der Waals surface area contributed by atoms with Crippen LogP contribution in [0.15, 0.2) is 0 Å². The molecule has 0 bridgehead atoms. The molecule has 0 aliphatic carbocycles. The van der Waals surface area contributed by atoms with Crippen LogP contribution in [0.1, 0.15) is 80.1 Å². The van der Waals surface area contributed by atoms with E-state index in [0.717, 1.165) is 0 Å². The van der Waals surface area contributed by atoms with E-state index in [0.29, 0.717) is 0 Å². The van der Waals surface area contributed by atoms with Crippen LogP contribution in [0.5, 0.6) is 0 Å². The fraction of sp³-hybridized carbons (Fsp3) is 1.00. The molecule has 0 fully saturated rings. The van der Waals surface area contributed by atoms with Gasteiger partial charge in [0.15, 0.2) is 0 Å². The monoisotopic (exact) mass is 378 g/mol. The Bertz CT molecular complexity index is 198. The molecule has 1 N–H and O–H groups in total. The molecule has 0 rings (SSSR count). The summed E-state index contributed by atoms with van der Waals surface area (Å²) in [6, 6.07) is 0. The van der Waals surface area contributed by atoms with Crippen LogP contribution in [0, 0.1) is 5.41 Å². The molecule has 0 aromatic heterocycles. The van der Waals surface area contributed by atoms with Crippen molar-refractivity contribution in [3.63, 3.8) is 0 Å². The van der Waals surface area contributed by atoms with Crippen molar-refractivity contribution >= 4 is 18.4 Å². The first-order valence-electron chi connectivity index (χ1n) is 8.52. The summed E-state index contributed by atoms with van der Waals surface area (Å²) in [6.45, 7) is 13.6. The van der Waals surface area contributed by atoms with Crippen molar-refractivity contribution in [1.29, 1.82) is 0 Å². The minimum atomic E-state index is -2.41.